The Morgan fingerprint density at radius 1 is 1.04 bits per heavy atom. The molecule has 0 amide bonds. The number of hydrogen-bond acceptors (Lipinski definition) is 5. The molecule has 0 bridgehead atoms. The van der Waals surface area contributed by atoms with E-state index in [1.54, 1.807) is 19.1 Å². The summed E-state index contributed by atoms with van der Waals surface area (Å²) < 4.78 is 32.7. The summed E-state index contributed by atoms with van der Waals surface area (Å²) in [7, 11) is -3.57. The maximum Gasteiger partial charge on any atom is 0.240 e. The van der Waals surface area contributed by atoms with Crippen molar-refractivity contribution in [2.75, 3.05) is 6.54 Å². The number of hydrogen-bond donors (Lipinski definition) is 1. The molecule has 0 spiro atoms. The maximum absolute atomic E-state index is 12.4. The zero-order chi connectivity index (χ0) is 18.7. The van der Waals surface area contributed by atoms with Crippen molar-refractivity contribution >= 4 is 10.0 Å². The molecule has 0 atom stereocenters. The number of rotatable bonds is 6. The van der Waals surface area contributed by atoms with E-state index >= 15 is 0 Å². The predicted octanol–water partition coefficient (Wildman–Crippen LogP) is 3.18. The van der Waals surface area contributed by atoms with Gasteiger partial charge in [0.05, 0.1) is 4.90 Å². The third kappa shape index (κ3) is 4.17. The summed E-state index contributed by atoms with van der Waals surface area (Å²) in [6.07, 6.45) is 0.322. The van der Waals surface area contributed by atoms with E-state index in [1.807, 2.05) is 44.2 Å². The van der Waals surface area contributed by atoms with Gasteiger partial charge in [0.25, 0.3) is 0 Å². The van der Waals surface area contributed by atoms with Crippen molar-refractivity contribution in [3.63, 3.8) is 0 Å². The van der Waals surface area contributed by atoms with Crippen molar-refractivity contribution < 1.29 is 12.9 Å². The molecule has 136 valence electrons. The van der Waals surface area contributed by atoms with Crippen molar-refractivity contribution in [2.45, 2.75) is 32.1 Å². The highest BCUT2D eigenvalue weighted by atomic mass is 32.2. The molecule has 0 aliphatic heterocycles. The van der Waals surface area contributed by atoms with Crippen molar-refractivity contribution in [2.24, 2.45) is 0 Å². The van der Waals surface area contributed by atoms with E-state index in [0.717, 1.165) is 22.3 Å². The van der Waals surface area contributed by atoms with E-state index in [4.69, 9.17) is 4.52 Å². The highest BCUT2D eigenvalue weighted by Crippen LogP contribution is 2.18. The average Bonchev–Trinajstić information content (AvgIpc) is 3.03. The van der Waals surface area contributed by atoms with Gasteiger partial charge in [0.15, 0.2) is 0 Å². The van der Waals surface area contributed by atoms with E-state index in [0.29, 0.717) is 18.1 Å². The van der Waals surface area contributed by atoms with Gasteiger partial charge in [-0.25, -0.2) is 13.1 Å². The van der Waals surface area contributed by atoms with Crippen molar-refractivity contribution in [1.82, 2.24) is 14.9 Å². The Labute approximate surface area is 153 Å². The molecule has 2 aromatic carbocycles. The number of aromatic nitrogens is 2. The Balaban J connectivity index is 1.65. The molecular formula is C19H21N3O3S. The molecule has 3 aromatic rings. The Morgan fingerprint density at radius 2 is 1.81 bits per heavy atom. The average molecular weight is 371 g/mol. The van der Waals surface area contributed by atoms with Crippen molar-refractivity contribution in [3.8, 4) is 11.4 Å². The normalized spacial score (nSPS) is 11.7. The first-order valence-corrected chi connectivity index (χ1v) is 9.80. The molecule has 1 aromatic heterocycles. The topological polar surface area (TPSA) is 85.1 Å². The minimum Gasteiger partial charge on any atom is -0.339 e. The molecule has 7 heteroatoms. The number of sulfonamides is 1. The summed E-state index contributed by atoms with van der Waals surface area (Å²) in [6, 6.07) is 13.1. The molecule has 1 heterocycles. The molecule has 0 saturated heterocycles. The molecular weight excluding hydrogens is 350 g/mol. The summed E-state index contributed by atoms with van der Waals surface area (Å²) in [6.45, 7) is 5.89. The second kappa shape index (κ2) is 7.39. The van der Waals surface area contributed by atoms with Gasteiger partial charge in [0, 0.05) is 18.5 Å². The lowest BCUT2D eigenvalue weighted by Gasteiger charge is -2.09. The first-order chi connectivity index (χ1) is 12.3. The summed E-state index contributed by atoms with van der Waals surface area (Å²) in [5, 5.41) is 3.96. The van der Waals surface area contributed by atoms with Crippen LogP contribution in [0, 0.1) is 20.8 Å². The lowest BCUT2D eigenvalue weighted by molar-refractivity contribution is 0.379. The lowest BCUT2D eigenvalue weighted by Crippen LogP contribution is -2.26. The SMILES string of the molecule is Cc1cccc(-c2noc(CCNS(=O)(=O)c3ccc(C)cc3C)n2)c1. The summed E-state index contributed by atoms with van der Waals surface area (Å²) in [5.74, 6) is 0.894. The van der Waals surface area contributed by atoms with Gasteiger partial charge in [-0.1, -0.05) is 46.6 Å². The Hall–Kier alpha value is -2.51. The van der Waals surface area contributed by atoms with Crippen LogP contribution in [0.5, 0.6) is 0 Å². The lowest BCUT2D eigenvalue weighted by atomic mass is 10.1. The van der Waals surface area contributed by atoms with Crippen LogP contribution in [0.2, 0.25) is 0 Å². The van der Waals surface area contributed by atoms with E-state index in [9.17, 15) is 8.42 Å². The third-order valence-corrected chi connectivity index (χ3v) is 5.62. The third-order valence-electron chi connectivity index (χ3n) is 4.00. The number of aryl methyl sites for hydroxylation is 3. The fourth-order valence-electron chi connectivity index (χ4n) is 2.73. The Kier molecular flexibility index (Phi) is 5.20. The number of nitrogens with one attached hydrogen (secondary N) is 1. The minimum atomic E-state index is -3.57. The van der Waals surface area contributed by atoms with Gasteiger partial charge in [-0.15, -0.1) is 0 Å². The fourth-order valence-corrected chi connectivity index (χ4v) is 3.99. The Morgan fingerprint density at radius 3 is 2.54 bits per heavy atom. The van der Waals surface area contributed by atoms with Gasteiger partial charge in [0.1, 0.15) is 0 Å². The largest absolute Gasteiger partial charge is 0.339 e. The van der Waals surface area contributed by atoms with Crippen LogP contribution >= 0.6 is 0 Å². The van der Waals surface area contributed by atoms with Gasteiger partial charge in [0.2, 0.25) is 21.7 Å². The molecule has 0 aliphatic carbocycles. The summed E-state index contributed by atoms with van der Waals surface area (Å²) in [5.41, 5.74) is 3.72. The number of nitrogens with zero attached hydrogens (tertiary/aromatic N) is 2. The highest BCUT2D eigenvalue weighted by Gasteiger charge is 2.17. The van der Waals surface area contributed by atoms with Gasteiger partial charge >= 0.3 is 0 Å². The first kappa shape index (κ1) is 18.3. The predicted molar refractivity (Wildman–Crippen MR) is 99.3 cm³/mol. The molecule has 26 heavy (non-hydrogen) atoms. The second-order valence-corrected chi connectivity index (χ2v) is 8.03. The van der Waals surface area contributed by atoms with E-state index in [2.05, 4.69) is 14.9 Å². The second-order valence-electron chi connectivity index (χ2n) is 6.30. The van der Waals surface area contributed by atoms with Crippen LogP contribution in [0.4, 0.5) is 0 Å². The van der Waals surface area contributed by atoms with Crippen LogP contribution in [-0.4, -0.2) is 25.1 Å². The molecule has 0 radical (unpaired) electrons. The van der Waals surface area contributed by atoms with Crippen LogP contribution in [0.3, 0.4) is 0 Å². The van der Waals surface area contributed by atoms with Crippen molar-refractivity contribution in [1.29, 1.82) is 0 Å². The summed E-state index contributed by atoms with van der Waals surface area (Å²) >= 11 is 0. The van der Waals surface area contributed by atoms with Gasteiger partial charge in [-0.05, 0) is 38.5 Å². The van der Waals surface area contributed by atoms with Gasteiger partial charge in [-0.2, -0.15) is 4.98 Å². The first-order valence-electron chi connectivity index (χ1n) is 8.32. The van der Waals surface area contributed by atoms with Crippen LogP contribution in [0.25, 0.3) is 11.4 Å². The van der Waals surface area contributed by atoms with Crippen molar-refractivity contribution in [3.05, 3.63) is 65.0 Å². The molecule has 6 nitrogen and oxygen atoms in total. The van der Waals surface area contributed by atoms with Gasteiger partial charge in [-0.3, -0.25) is 0 Å². The van der Waals surface area contributed by atoms with E-state index in [-0.39, 0.29) is 11.4 Å². The maximum atomic E-state index is 12.4. The van der Waals surface area contributed by atoms with Crippen LogP contribution in [0.15, 0.2) is 51.9 Å². The Bertz CT molecular complexity index is 1030. The fraction of sp³-hybridized carbons (Fsp3) is 0.263. The highest BCUT2D eigenvalue weighted by molar-refractivity contribution is 7.89. The number of benzene rings is 2. The van der Waals surface area contributed by atoms with Crippen LogP contribution in [-0.2, 0) is 16.4 Å². The molecule has 0 fully saturated rings. The van der Waals surface area contributed by atoms with E-state index < -0.39 is 10.0 Å². The zero-order valence-corrected chi connectivity index (χ0v) is 15.8. The van der Waals surface area contributed by atoms with E-state index in [1.165, 1.54) is 0 Å². The smallest absolute Gasteiger partial charge is 0.240 e. The monoisotopic (exact) mass is 371 g/mol. The quantitative estimate of drug-likeness (QED) is 0.719. The summed E-state index contributed by atoms with van der Waals surface area (Å²) in [4.78, 5) is 4.62. The van der Waals surface area contributed by atoms with Crippen LogP contribution in [0.1, 0.15) is 22.6 Å². The standard InChI is InChI=1S/C19H21N3O3S/c1-13-5-4-6-16(12-13)19-21-18(25-22-19)9-10-20-26(23,24)17-8-7-14(2)11-15(17)3/h4-8,11-12,20H,9-10H2,1-3H3. The molecule has 1 N–H and O–H groups in total. The molecule has 0 unspecified atom stereocenters. The molecule has 0 saturated carbocycles. The molecule has 0 aliphatic rings. The van der Waals surface area contributed by atoms with Gasteiger partial charge < -0.3 is 4.52 Å². The minimum absolute atomic E-state index is 0.186. The zero-order valence-electron chi connectivity index (χ0n) is 15.0. The van der Waals surface area contributed by atoms with Crippen LogP contribution < -0.4 is 4.72 Å². The molecule has 3 rings (SSSR count).